The number of guanidine groups is 1. The highest BCUT2D eigenvalue weighted by Crippen LogP contribution is 2.20. The highest BCUT2D eigenvalue weighted by atomic mass is 127. The second kappa shape index (κ2) is 13.2. The van der Waals surface area contributed by atoms with Gasteiger partial charge in [0, 0.05) is 39.3 Å². The number of rotatable bonds is 8. The van der Waals surface area contributed by atoms with Crippen molar-refractivity contribution in [1.29, 1.82) is 0 Å². The summed E-state index contributed by atoms with van der Waals surface area (Å²) in [7, 11) is 1.67. The third-order valence-electron chi connectivity index (χ3n) is 5.44. The maximum atomic E-state index is 6.00. The zero-order valence-electron chi connectivity index (χ0n) is 18.5. The first-order chi connectivity index (χ1) is 14.2. The molecule has 2 aliphatic heterocycles. The van der Waals surface area contributed by atoms with Crippen LogP contribution in [0.3, 0.4) is 0 Å². The molecule has 1 N–H and O–H groups in total. The van der Waals surface area contributed by atoms with Gasteiger partial charge in [0.25, 0.3) is 0 Å². The number of halogens is 1. The Hall–Kier alpha value is -1.26. The molecular formula is C22H37IN4O3. The van der Waals surface area contributed by atoms with E-state index < -0.39 is 0 Å². The number of aliphatic imine (C=N–C) groups is 1. The highest BCUT2D eigenvalue weighted by molar-refractivity contribution is 14.0. The summed E-state index contributed by atoms with van der Waals surface area (Å²) in [4.78, 5) is 9.79. The van der Waals surface area contributed by atoms with Gasteiger partial charge in [-0.3, -0.25) is 4.90 Å². The van der Waals surface area contributed by atoms with Crippen molar-refractivity contribution in [1.82, 2.24) is 15.1 Å². The molecule has 2 heterocycles. The molecule has 0 radical (unpaired) electrons. The second-order valence-corrected chi connectivity index (χ2v) is 7.81. The van der Waals surface area contributed by atoms with Crippen LogP contribution in [0.2, 0.25) is 0 Å². The summed E-state index contributed by atoms with van der Waals surface area (Å²) in [5.74, 6) is 3.37. The molecule has 2 atom stereocenters. The van der Waals surface area contributed by atoms with Gasteiger partial charge in [0.2, 0.25) is 0 Å². The average molecular weight is 532 g/mol. The average Bonchev–Trinajstić information content (AvgIpc) is 3.20. The summed E-state index contributed by atoms with van der Waals surface area (Å²) < 4.78 is 16.7. The summed E-state index contributed by atoms with van der Waals surface area (Å²) in [5.41, 5.74) is 0. The molecule has 1 aromatic carbocycles. The predicted octanol–water partition coefficient (Wildman–Crippen LogP) is 2.70. The lowest BCUT2D eigenvalue weighted by molar-refractivity contribution is 0.0315. The first kappa shape index (κ1) is 25.0. The van der Waals surface area contributed by atoms with Crippen molar-refractivity contribution in [3.05, 3.63) is 24.3 Å². The maximum absolute atomic E-state index is 6.00. The largest absolute Gasteiger partial charge is 0.497 e. The van der Waals surface area contributed by atoms with E-state index in [4.69, 9.17) is 19.2 Å². The molecule has 2 aliphatic rings. The molecule has 2 fully saturated rings. The van der Waals surface area contributed by atoms with E-state index in [1.807, 2.05) is 24.3 Å². The van der Waals surface area contributed by atoms with Crippen LogP contribution in [-0.4, -0.2) is 88.0 Å². The van der Waals surface area contributed by atoms with E-state index in [0.717, 1.165) is 69.9 Å². The molecule has 0 aromatic heterocycles. The molecule has 0 saturated carbocycles. The lowest BCUT2D eigenvalue weighted by atomic mass is 10.1. The molecule has 7 nitrogen and oxygen atoms in total. The van der Waals surface area contributed by atoms with Crippen LogP contribution in [0.5, 0.6) is 11.5 Å². The number of hydrogen-bond donors (Lipinski definition) is 1. The van der Waals surface area contributed by atoms with E-state index >= 15 is 0 Å². The zero-order chi connectivity index (χ0) is 20.5. The quantitative estimate of drug-likeness (QED) is 0.316. The molecule has 170 valence electrons. The van der Waals surface area contributed by atoms with E-state index in [2.05, 4.69) is 29.0 Å². The summed E-state index contributed by atoms with van der Waals surface area (Å²) in [5, 5.41) is 3.45. The van der Waals surface area contributed by atoms with Gasteiger partial charge in [-0.25, -0.2) is 4.99 Å². The second-order valence-electron chi connectivity index (χ2n) is 7.81. The fraction of sp³-hybridized carbons (Fsp3) is 0.682. The van der Waals surface area contributed by atoms with Crippen molar-refractivity contribution in [2.24, 2.45) is 10.9 Å². The molecule has 0 bridgehead atoms. The molecule has 8 heteroatoms. The van der Waals surface area contributed by atoms with Crippen LogP contribution in [0.4, 0.5) is 0 Å². The Balaban J connectivity index is 0.00000320. The predicted molar refractivity (Wildman–Crippen MR) is 131 cm³/mol. The molecule has 0 amide bonds. The number of nitrogens with zero attached hydrogens (tertiary/aromatic N) is 3. The van der Waals surface area contributed by atoms with Crippen molar-refractivity contribution in [3.8, 4) is 11.5 Å². The van der Waals surface area contributed by atoms with Crippen LogP contribution in [-0.2, 0) is 4.74 Å². The van der Waals surface area contributed by atoms with Crippen molar-refractivity contribution in [2.75, 3.05) is 66.1 Å². The van der Waals surface area contributed by atoms with Gasteiger partial charge in [0.05, 0.1) is 26.9 Å². The zero-order valence-corrected chi connectivity index (χ0v) is 20.8. The van der Waals surface area contributed by atoms with Crippen LogP contribution < -0.4 is 14.8 Å². The van der Waals surface area contributed by atoms with Gasteiger partial charge in [-0.1, -0.05) is 0 Å². The Bertz CT molecular complexity index is 638. The number of benzene rings is 1. The number of hydrogen-bond acceptors (Lipinski definition) is 5. The van der Waals surface area contributed by atoms with Gasteiger partial charge in [0.15, 0.2) is 5.96 Å². The van der Waals surface area contributed by atoms with Gasteiger partial charge >= 0.3 is 0 Å². The molecule has 30 heavy (non-hydrogen) atoms. The van der Waals surface area contributed by atoms with Crippen LogP contribution in [0, 0.1) is 5.92 Å². The van der Waals surface area contributed by atoms with Gasteiger partial charge < -0.3 is 24.4 Å². The van der Waals surface area contributed by atoms with E-state index in [1.165, 1.54) is 6.42 Å². The first-order valence-corrected chi connectivity index (χ1v) is 10.8. The fourth-order valence-electron chi connectivity index (χ4n) is 3.89. The van der Waals surface area contributed by atoms with Crippen molar-refractivity contribution in [2.45, 2.75) is 26.4 Å². The molecule has 0 spiro atoms. The Kier molecular flexibility index (Phi) is 11.0. The number of morpholine rings is 1. The number of ether oxygens (including phenoxy) is 3. The molecule has 2 saturated heterocycles. The van der Waals surface area contributed by atoms with Gasteiger partial charge in [-0.05, 0) is 50.5 Å². The first-order valence-electron chi connectivity index (χ1n) is 10.8. The molecule has 0 aliphatic carbocycles. The number of likely N-dealkylation sites (tertiary alicyclic amines) is 1. The third-order valence-corrected chi connectivity index (χ3v) is 5.44. The fourth-order valence-corrected chi connectivity index (χ4v) is 3.89. The Morgan fingerprint density at radius 1 is 1.20 bits per heavy atom. The van der Waals surface area contributed by atoms with Gasteiger partial charge in [0.1, 0.15) is 17.6 Å². The summed E-state index contributed by atoms with van der Waals surface area (Å²) in [6.45, 7) is 12.8. The Morgan fingerprint density at radius 3 is 2.57 bits per heavy atom. The van der Waals surface area contributed by atoms with Crippen LogP contribution in [0.15, 0.2) is 29.3 Å². The molecular weight excluding hydrogens is 495 g/mol. The topological polar surface area (TPSA) is 58.6 Å². The minimum absolute atomic E-state index is 0. The van der Waals surface area contributed by atoms with E-state index in [-0.39, 0.29) is 30.1 Å². The van der Waals surface area contributed by atoms with E-state index in [0.29, 0.717) is 12.5 Å². The number of nitrogens with one attached hydrogen (secondary N) is 1. The summed E-state index contributed by atoms with van der Waals surface area (Å²) in [6.07, 6.45) is 1.23. The van der Waals surface area contributed by atoms with Crippen molar-refractivity contribution in [3.63, 3.8) is 0 Å². The maximum Gasteiger partial charge on any atom is 0.194 e. The normalized spacial score (nSPS) is 21.1. The molecule has 2 unspecified atom stereocenters. The third kappa shape index (κ3) is 7.77. The van der Waals surface area contributed by atoms with Gasteiger partial charge in [-0.2, -0.15) is 0 Å². The standard InChI is InChI=1S/C22H36N4O3.HI/c1-4-23-22(24-15-18(2)29-21-7-5-20(27-3)6-8-21)26-10-9-19(17-26)16-25-11-13-28-14-12-25;/h5-8,18-19H,4,9-17H2,1-3H3,(H,23,24);1H. The lowest BCUT2D eigenvalue weighted by Gasteiger charge is -2.29. The van der Waals surface area contributed by atoms with Crippen molar-refractivity contribution < 1.29 is 14.2 Å². The van der Waals surface area contributed by atoms with Crippen molar-refractivity contribution >= 4 is 29.9 Å². The van der Waals surface area contributed by atoms with Crippen LogP contribution in [0.25, 0.3) is 0 Å². The molecule has 1 aromatic rings. The lowest BCUT2D eigenvalue weighted by Crippen LogP contribution is -2.42. The summed E-state index contributed by atoms with van der Waals surface area (Å²) in [6, 6.07) is 7.68. The Morgan fingerprint density at radius 2 is 1.90 bits per heavy atom. The van der Waals surface area contributed by atoms with Gasteiger partial charge in [-0.15, -0.1) is 24.0 Å². The minimum atomic E-state index is 0. The van der Waals surface area contributed by atoms with E-state index in [1.54, 1.807) is 7.11 Å². The number of methoxy groups -OCH3 is 1. The minimum Gasteiger partial charge on any atom is -0.497 e. The monoisotopic (exact) mass is 532 g/mol. The van der Waals surface area contributed by atoms with Crippen LogP contribution >= 0.6 is 24.0 Å². The molecule has 3 rings (SSSR count). The van der Waals surface area contributed by atoms with E-state index in [9.17, 15) is 0 Å². The summed E-state index contributed by atoms with van der Waals surface area (Å²) >= 11 is 0. The smallest absolute Gasteiger partial charge is 0.194 e. The van der Waals surface area contributed by atoms with Crippen LogP contribution in [0.1, 0.15) is 20.3 Å². The SMILES string of the molecule is CCNC(=NCC(C)Oc1ccc(OC)cc1)N1CCC(CN2CCOCC2)C1.I. The Labute approximate surface area is 198 Å². The highest BCUT2D eigenvalue weighted by Gasteiger charge is 2.27.